The van der Waals surface area contributed by atoms with E-state index in [1.54, 1.807) is 13.0 Å². The fourth-order valence-corrected chi connectivity index (χ4v) is 1.36. The monoisotopic (exact) mass is 222 g/mol. The van der Waals surface area contributed by atoms with Crippen molar-refractivity contribution in [3.05, 3.63) is 29.8 Å². The van der Waals surface area contributed by atoms with Gasteiger partial charge in [0.15, 0.2) is 6.10 Å². The van der Waals surface area contributed by atoms with Crippen LogP contribution in [-0.4, -0.2) is 12.0 Å². The maximum absolute atomic E-state index is 10.9. The first-order valence-corrected chi connectivity index (χ1v) is 5.36. The Morgan fingerprint density at radius 1 is 1.44 bits per heavy atom. The molecule has 0 heterocycles. The van der Waals surface area contributed by atoms with Gasteiger partial charge < -0.3 is 16.2 Å². The minimum absolute atomic E-state index is 0.0868. The molecule has 0 saturated heterocycles. The van der Waals surface area contributed by atoms with Crippen molar-refractivity contribution in [2.24, 2.45) is 11.5 Å². The summed E-state index contributed by atoms with van der Waals surface area (Å²) in [6, 6.07) is 7.35. The number of hydrogen-bond acceptors (Lipinski definition) is 3. The Kier molecular flexibility index (Phi) is 4.31. The third-order valence-electron chi connectivity index (χ3n) is 2.46. The van der Waals surface area contributed by atoms with Gasteiger partial charge in [0.05, 0.1) is 0 Å². The lowest BCUT2D eigenvalue weighted by Crippen LogP contribution is -2.31. The van der Waals surface area contributed by atoms with Crippen LogP contribution in [0.25, 0.3) is 0 Å². The Labute approximate surface area is 95.6 Å². The smallest absolute Gasteiger partial charge is 0.258 e. The summed E-state index contributed by atoms with van der Waals surface area (Å²) in [6.07, 6.45) is 0.163. The predicted octanol–water partition coefficient (Wildman–Crippen LogP) is 1.35. The zero-order chi connectivity index (χ0) is 12.1. The molecule has 1 aromatic carbocycles. The lowest BCUT2D eigenvalue weighted by Gasteiger charge is -2.18. The molecule has 0 fully saturated rings. The standard InChI is InChI=1S/C12H18N2O2/c1-3-10(13)9-6-4-5-7-11(9)16-8(2)12(14)15/h4-8,10H,3,13H2,1-2H3,(H2,14,15)/t8?,10-/m0/s1. The largest absolute Gasteiger partial charge is 0.481 e. The van der Waals surface area contributed by atoms with Crippen LogP contribution in [0.2, 0.25) is 0 Å². The van der Waals surface area contributed by atoms with Crippen LogP contribution in [-0.2, 0) is 4.79 Å². The van der Waals surface area contributed by atoms with Gasteiger partial charge in [0.2, 0.25) is 0 Å². The molecule has 1 amide bonds. The van der Waals surface area contributed by atoms with Gasteiger partial charge in [-0.2, -0.15) is 0 Å². The maximum Gasteiger partial charge on any atom is 0.258 e. The van der Waals surface area contributed by atoms with Crippen LogP contribution in [0.15, 0.2) is 24.3 Å². The third-order valence-corrected chi connectivity index (χ3v) is 2.46. The van der Waals surface area contributed by atoms with Crippen molar-refractivity contribution in [3.8, 4) is 5.75 Å². The predicted molar refractivity (Wildman–Crippen MR) is 62.9 cm³/mol. The van der Waals surface area contributed by atoms with Crippen molar-refractivity contribution >= 4 is 5.91 Å². The van der Waals surface area contributed by atoms with E-state index in [9.17, 15) is 4.79 Å². The number of carbonyl (C=O) groups is 1. The Balaban J connectivity index is 2.90. The highest BCUT2D eigenvalue weighted by atomic mass is 16.5. The Morgan fingerprint density at radius 3 is 2.62 bits per heavy atom. The molecule has 88 valence electrons. The van der Waals surface area contributed by atoms with Crippen molar-refractivity contribution in [3.63, 3.8) is 0 Å². The van der Waals surface area contributed by atoms with Crippen molar-refractivity contribution < 1.29 is 9.53 Å². The van der Waals surface area contributed by atoms with E-state index in [1.165, 1.54) is 0 Å². The van der Waals surface area contributed by atoms with Gasteiger partial charge in [-0.25, -0.2) is 0 Å². The van der Waals surface area contributed by atoms with Gasteiger partial charge in [-0.1, -0.05) is 25.1 Å². The van der Waals surface area contributed by atoms with Crippen molar-refractivity contribution in [1.82, 2.24) is 0 Å². The van der Waals surface area contributed by atoms with E-state index in [1.807, 2.05) is 25.1 Å². The molecule has 0 aromatic heterocycles. The summed E-state index contributed by atoms with van der Waals surface area (Å²) in [6.45, 7) is 3.62. The molecule has 0 aliphatic carbocycles. The van der Waals surface area contributed by atoms with Crippen molar-refractivity contribution in [2.45, 2.75) is 32.4 Å². The summed E-state index contributed by atoms with van der Waals surface area (Å²) in [4.78, 5) is 10.9. The highest BCUT2D eigenvalue weighted by Gasteiger charge is 2.15. The third kappa shape index (κ3) is 2.97. The molecular formula is C12H18N2O2. The highest BCUT2D eigenvalue weighted by molar-refractivity contribution is 5.78. The van der Waals surface area contributed by atoms with Gasteiger partial charge in [-0.3, -0.25) is 4.79 Å². The van der Waals surface area contributed by atoms with E-state index < -0.39 is 12.0 Å². The molecule has 0 saturated carbocycles. The second-order valence-corrected chi connectivity index (χ2v) is 3.72. The molecule has 4 N–H and O–H groups in total. The Hall–Kier alpha value is -1.55. The molecule has 0 aliphatic heterocycles. The average Bonchev–Trinajstić information content (AvgIpc) is 2.28. The fourth-order valence-electron chi connectivity index (χ4n) is 1.36. The van der Waals surface area contributed by atoms with Gasteiger partial charge in [0, 0.05) is 11.6 Å². The molecule has 4 nitrogen and oxygen atoms in total. The van der Waals surface area contributed by atoms with E-state index >= 15 is 0 Å². The first kappa shape index (κ1) is 12.5. The van der Waals surface area contributed by atoms with Gasteiger partial charge >= 0.3 is 0 Å². The van der Waals surface area contributed by atoms with Gasteiger partial charge in [0.1, 0.15) is 5.75 Å². The highest BCUT2D eigenvalue weighted by Crippen LogP contribution is 2.26. The molecular weight excluding hydrogens is 204 g/mol. The van der Waals surface area contributed by atoms with E-state index in [0.29, 0.717) is 5.75 Å². The van der Waals surface area contributed by atoms with Gasteiger partial charge in [0.25, 0.3) is 5.91 Å². The lowest BCUT2D eigenvalue weighted by atomic mass is 10.0. The van der Waals surface area contributed by atoms with Crippen LogP contribution in [0.4, 0.5) is 0 Å². The number of para-hydroxylation sites is 1. The van der Waals surface area contributed by atoms with Crippen LogP contribution in [0.1, 0.15) is 31.9 Å². The average molecular weight is 222 g/mol. The fraction of sp³-hybridized carbons (Fsp3) is 0.417. The zero-order valence-electron chi connectivity index (χ0n) is 9.64. The molecule has 16 heavy (non-hydrogen) atoms. The number of ether oxygens (including phenoxy) is 1. The first-order chi connectivity index (χ1) is 7.56. The lowest BCUT2D eigenvalue weighted by molar-refractivity contribution is -0.124. The summed E-state index contributed by atoms with van der Waals surface area (Å²) >= 11 is 0. The summed E-state index contributed by atoms with van der Waals surface area (Å²) in [5, 5.41) is 0. The van der Waals surface area contributed by atoms with Crippen LogP contribution >= 0.6 is 0 Å². The van der Waals surface area contributed by atoms with Crippen molar-refractivity contribution in [1.29, 1.82) is 0 Å². The molecule has 0 radical (unpaired) electrons. The zero-order valence-corrected chi connectivity index (χ0v) is 9.64. The number of carbonyl (C=O) groups excluding carboxylic acids is 1. The number of amides is 1. The molecule has 4 heteroatoms. The van der Waals surface area contributed by atoms with Crippen LogP contribution < -0.4 is 16.2 Å². The molecule has 2 atom stereocenters. The Morgan fingerprint density at radius 2 is 2.06 bits per heavy atom. The second-order valence-electron chi connectivity index (χ2n) is 3.72. The molecule has 1 rings (SSSR count). The summed E-state index contributed by atoms with van der Waals surface area (Å²) in [5.74, 6) is 0.142. The molecule has 1 aromatic rings. The minimum atomic E-state index is -0.648. The molecule has 1 unspecified atom stereocenters. The quantitative estimate of drug-likeness (QED) is 0.789. The number of hydrogen-bond donors (Lipinski definition) is 2. The number of nitrogens with two attached hydrogens (primary N) is 2. The van der Waals surface area contributed by atoms with E-state index in [2.05, 4.69) is 0 Å². The molecule has 0 aliphatic rings. The van der Waals surface area contributed by atoms with E-state index in [4.69, 9.17) is 16.2 Å². The van der Waals surface area contributed by atoms with E-state index in [-0.39, 0.29) is 6.04 Å². The number of primary amides is 1. The topological polar surface area (TPSA) is 78.3 Å². The van der Waals surface area contributed by atoms with Crippen LogP contribution in [0, 0.1) is 0 Å². The van der Waals surface area contributed by atoms with Gasteiger partial charge in [-0.15, -0.1) is 0 Å². The van der Waals surface area contributed by atoms with Gasteiger partial charge in [-0.05, 0) is 19.4 Å². The number of rotatable bonds is 5. The van der Waals surface area contributed by atoms with Crippen molar-refractivity contribution in [2.75, 3.05) is 0 Å². The van der Waals surface area contributed by atoms with Crippen LogP contribution in [0.3, 0.4) is 0 Å². The SMILES string of the molecule is CC[C@H](N)c1ccccc1OC(C)C(N)=O. The van der Waals surface area contributed by atoms with Crippen LogP contribution in [0.5, 0.6) is 5.75 Å². The maximum atomic E-state index is 10.9. The minimum Gasteiger partial charge on any atom is -0.481 e. The van der Waals surface area contributed by atoms with E-state index in [0.717, 1.165) is 12.0 Å². The summed E-state index contributed by atoms with van der Waals surface area (Å²) < 4.78 is 5.48. The normalized spacial score (nSPS) is 14.2. The first-order valence-electron chi connectivity index (χ1n) is 5.36. The number of benzene rings is 1. The molecule has 0 spiro atoms. The molecule has 0 bridgehead atoms. The second kappa shape index (κ2) is 5.51. The summed E-state index contributed by atoms with van der Waals surface area (Å²) in [5.41, 5.74) is 12.0. The Bertz CT molecular complexity index is 366. The summed E-state index contributed by atoms with van der Waals surface area (Å²) in [7, 11) is 0.